The maximum absolute atomic E-state index is 13.6. The Morgan fingerprint density at radius 3 is 2.30 bits per heavy atom. The smallest absolute Gasteiger partial charge is 0.310 e. The van der Waals surface area contributed by atoms with E-state index in [1.165, 1.54) is 5.56 Å². The van der Waals surface area contributed by atoms with Crippen LogP contribution < -0.4 is 4.74 Å². The van der Waals surface area contributed by atoms with Crippen molar-refractivity contribution in [2.24, 2.45) is 10.4 Å². The number of Topliss-reactive ketones (excluding diaryl/α,β-unsaturated/α-hetero) is 1. The molecule has 1 saturated heterocycles. The number of rotatable bonds is 9. The molecule has 2 aliphatic rings. The first-order chi connectivity index (χ1) is 15.9. The van der Waals surface area contributed by atoms with E-state index in [2.05, 4.69) is 22.0 Å². The van der Waals surface area contributed by atoms with Crippen molar-refractivity contribution in [2.75, 3.05) is 20.2 Å². The second-order valence-corrected chi connectivity index (χ2v) is 9.03. The van der Waals surface area contributed by atoms with Crippen LogP contribution in [0, 0.1) is 5.41 Å². The number of piperidine rings is 1. The fourth-order valence-corrected chi connectivity index (χ4v) is 4.75. The zero-order valence-corrected chi connectivity index (χ0v) is 18.9. The SMILES string of the molecule is COc1ccc(CC2(C(=O)CC3(C(=O)O)CCN(Cc4ccccc4)CC3)C=CC=N2)cc1. The molecule has 0 bridgehead atoms. The number of aliphatic carboxylic acids is 1. The number of carboxylic acids is 1. The van der Waals surface area contributed by atoms with Gasteiger partial charge in [-0.3, -0.25) is 19.5 Å². The van der Waals surface area contributed by atoms with Crippen LogP contribution in [0.25, 0.3) is 0 Å². The molecule has 1 fully saturated rings. The topological polar surface area (TPSA) is 79.2 Å². The molecule has 0 aliphatic carbocycles. The number of benzene rings is 2. The van der Waals surface area contributed by atoms with Crippen LogP contribution in [0.5, 0.6) is 5.75 Å². The van der Waals surface area contributed by atoms with Crippen LogP contribution in [0.2, 0.25) is 0 Å². The minimum Gasteiger partial charge on any atom is -0.497 e. The summed E-state index contributed by atoms with van der Waals surface area (Å²) in [4.78, 5) is 32.7. The highest BCUT2D eigenvalue weighted by atomic mass is 16.5. The number of likely N-dealkylation sites (tertiary alicyclic amines) is 1. The molecule has 0 spiro atoms. The van der Waals surface area contributed by atoms with Gasteiger partial charge < -0.3 is 9.84 Å². The van der Waals surface area contributed by atoms with E-state index in [0.29, 0.717) is 32.4 Å². The number of ether oxygens (including phenoxy) is 1. The maximum atomic E-state index is 13.6. The van der Waals surface area contributed by atoms with Crippen molar-refractivity contribution in [1.29, 1.82) is 0 Å². The lowest BCUT2D eigenvalue weighted by Gasteiger charge is -2.39. The summed E-state index contributed by atoms with van der Waals surface area (Å²) in [5, 5.41) is 10.1. The van der Waals surface area contributed by atoms with E-state index in [1.54, 1.807) is 25.5 Å². The van der Waals surface area contributed by atoms with Crippen molar-refractivity contribution in [3.8, 4) is 5.75 Å². The van der Waals surface area contributed by atoms with Gasteiger partial charge in [-0.1, -0.05) is 42.5 Å². The summed E-state index contributed by atoms with van der Waals surface area (Å²) in [6, 6.07) is 17.7. The summed E-state index contributed by atoms with van der Waals surface area (Å²) in [6.45, 7) is 2.09. The number of hydrogen-bond donors (Lipinski definition) is 1. The number of carboxylic acid groups (broad SMARTS) is 1. The first-order valence-electron chi connectivity index (χ1n) is 11.3. The minimum absolute atomic E-state index is 0.0145. The zero-order valence-electron chi connectivity index (χ0n) is 18.9. The van der Waals surface area contributed by atoms with Gasteiger partial charge in [-0.15, -0.1) is 0 Å². The van der Waals surface area contributed by atoms with Crippen LogP contribution in [-0.4, -0.2) is 53.7 Å². The van der Waals surface area contributed by atoms with Gasteiger partial charge in [0.05, 0.1) is 12.5 Å². The van der Waals surface area contributed by atoms with E-state index in [4.69, 9.17) is 4.74 Å². The summed E-state index contributed by atoms with van der Waals surface area (Å²) in [6.07, 6.45) is 6.51. The fourth-order valence-electron chi connectivity index (χ4n) is 4.75. The Bertz CT molecular complexity index is 1020. The Morgan fingerprint density at radius 1 is 1.03 bits per heavy atom. The summed E-state index contributed by atoms with van der Waals surface area (Å²) in [7, 11) is 1.61. The molecule has 1 unspecified atom stereocenters. The van der Waals surface area contributed by atoms with Gasteiger partial charge in [0.1, 0.15) is 11.3 Å². The van der Waals surface area contributed by atoms with Crippen molar-refractivity contribution in [2.45, 2.75) is 37.8 Å². The van der Waals surface area contributed by atoms with E-state index in [-0.39, 0.29) is 12.2 Å². The average molecular weight is 447 g/mol. The molecule has 6 nitrogen and oxygen atoms in total. The van der Waals surface area contributed by atoms with Crippen molar-refractivity contribution in [3.05, 3.63) is 77.9 Å². The Morgan fingerprint density at radius 2 is 1.73 bits per heavy atom. The molecule has 2 aliphatic heterocycles. The van der Waals surface area contributed by atoms with Gasteiger partial charge in [-0.05, 0) is 61.3 Å². The molecule has 0 aromatic heterocycles. The Balaban J connectivity index is 1.46. The number of methoxy groups -OCH3 is 1. The molecule has 2 aromatic rings. The molecular formula is C27H30N2O4. The average Bonchev–Trinajstić information content (AvgIpc) is 3.31. The highest BCUT2D eigenvalue weighted by Gasteiger charge is 2.47. The predicted octanol–water partition coefficient (Wildman–Crippen LogP) is 3.94. The second kappa shape index (κ2) is 9.71. The monoisotopic (exact) mass is 446 g/mol. The quantitative estimate of drug-likeness (QED) is 0.631. The Hall–Kier alpha value is -3.25. The fraction of sp³-hybridized carbons (Fsp3) is 0.370. The lowest BCUT2D eigenvalue weighted by Crippen LogP contribution is -2.48. The standard InChI is InChI=1S/C27H30N2O4/c1-33-23-10-8-21(9-11-23)18-27(12-5-15-28-27)24(30)19-26(25(31)32)13-16-29(17-14-26)20-22-6-3-2-4-7-22/h2-12,15H,13-14,16-20H2,1H3,(H,31,32). The lowest BCUT2D eigenvalue weighted by atomic mass is 9.71. The first kappa shape index (κ1) is 22.9. The van der Waals surface area contributed by atoms with Crippen LogP contribution in [0.1, 0.15) is 30.4 Å². The molecule has 33 heavy (non-hydrogen) atoms. The van der Waals surface area contributed by atoms with Gasteiger partial charge in [0.25, 0.3) is 0 Å². The lowest BCUT2D eigenvalue weighted by molar-refractivity contribution is -0.155. The van der Waals surface area contributed by atoms with Crippen LogP contribution in [-0.2, 0) is 22.6 Å². The second-order valence-electron chi connectivity index (χ2n) is 9.03. The van der Waals surface area contributed by atoms with Crippen LogP contribution in [0.4, 0.5) is 0 Å². The number of carbonyl (C=O) groups excluding carboxylic acids is 1. The van der Waals surface area contributed by atoms with E-state index >= 15 is 0 Å². The first-order valence-corrected chi connectivity index (χ1v) is 11.3. The molecule has 172 valence electrons. The van der Waals surface area contributed by atoms with Crippen molar-refractivity contribution >= 4 is 18.0 Å². The number of hydrogen-bond acceptors (Lipinski definition) is 5. The third kappa shape index (κ3) is 5.06. The van der Waals surface area contributed by atoms with Gasteiger partial charge in [-0.2, -0.15) is 0 Å². The molecule has 2 heterocycles. The van der Waals surface area contributed by atoms with E-state index in [9.17, 15) is 14.7 Å². The largest absolute Gasteiger partial charge is 0.497 e. The third-order valence-corrected chi connectivity index (χ3v) is 6.89. The highest BCUT2D eigenvalue weighted by Crippen LogP contribution is 2.39. The number of aliphatic imine (C=N–C) groups is 1. The van der Waals surface area contributed by atoms with Crippen molar-refractivity contribution in [1.82, 2.24) is 4.90 Å². The molecule has 0 amide bonds. The van der Waals surface area contributed by atoms with Gasteiger partial charge in [0.15, 0.2) is 5.78 Å². The zero-order chi connectivity index (χ0) is 23.3. The summed E-state index contributed by atoms with van der Waals surface area (Å²) >= 11 is 0. The molecule has 2 aromatic carbocycles. The van der Waals surface area contributed by atoms with Gasteiger partial charge >= 0.3 is 5.97 Å². The van der Waals surface area contributed by atoms with Gasteiger partial charge in [-0.25, -0.2) is 0 Å². The summed E-state index contributed by atoms with van der Waals surface area (Å²) in [5.41, 5.74) is 0.0663. The van der Waals surface area contributed by atoms with Gasteiger partial charge in [0, 0.05) is 25.6 Å². The number of ketones is 1. The Labute approximate surface area is 194 Å². The third-order valence-electron chi connectivity index (χ3n) is 6.89. The normalized spacial score (nSPS) is 21.7. The molecule has 1 atom stereocenters. The van der Waals surface area contributed by atoms with Crippen LogP contribution in [0.15, 0.2) is 71.7 Å². The van der Waals surface area contributed by atoms with Crippen molar-refractivity contribution < 1.29 is 19.4 Å². The van der Waals surface area contributed by atoms with E-state index < -0.39 is 16.9 Å². The van der Waals surface area contributed by atoms with E-state index in [0.717, 1.165) is 17.9 Å². The molecule has 0 radical (unpaired) electrons. The molecule has 6 heteroatoms. The number of carbonyl (C=O) groups is 2. The minimum atomic E-state index is -1.05. The van der Waals surface area contributed by atoms with Crippen LogP contribution >= 0.6 is 0 Å². The number of allylic oxidation sites excluding steroid dienone is 1. The van der Waals surface area contributed by atoms with Gasteiger partial charge in [0.2, 0.25) is 0 Å². The van der Waals surface area contributed by atoms with E-state index in [1.807, 2.05) is 42.5 Å². The molecular weight excluding hydrogens is 416 g/mol. The maximum Gasteiger partial charge on any atom is 0.310 e. The number of nitrogens with zero attached hydrogens (tertiary/aromatic N) is 2. The van der Waals surface area contributed by atoms with Crippen LogP contribution in [0.3, 0.4) is 0 Å². The molecule has 1 N–H and O–H groups in total. The summed E-state index contributed by atoms with van der Waals surface area (Å²) < 4.78 is 5.22. The Kier molecular flexibility index (Phi) is 6.75. The predicted molar refractivity (Wildman–Crippen MR) is 128 cm³/mol. The highest BCUT2D eigenvalue weighted by molar-refractivity contribution is 5.98. The summed E-state index contributed by atoms with van der Waals surface area (Å²) in [5.74, 6) is -0.278. The van der Waals surface area contributed by atoms with Crippen molar-refractivity contribution in [3.63, 3.8) is 0 Å². The molecule has 4 rings (SSSR count). The molecule has 0 saturated carbocycles.